The molecule has 1 saturated heterocycles. The summed E-state index contributed by atoms with van der Waals surface area (Å²) < 4.78 is 2.08. The lowest BCUT2D eigenvalue weighted by Crippen LogP contribution is -2.17. The first kappa shape index (κ1) is 10.7. The number of aromatic nitrogens is 2. The Labute approximate surface area is 101 Å². The van der Waals surface area contributed by atoms with Gasteiger partial charge in [-0.25, -0.2) is 4.98 Å². The third-order valence-corrected chi connectivity index (χ3v) is 3.64. The normalized spacial score (nSPS) is 21.4. The number of likely N-dealkylation sites (tertiary alicyclic amines) is 1. The fourth-order valence-electron chi connectivity index (χ4n) is 2.62. The van der Waals surface area contributed by atoms with Crippen LogP contribution in [0, 0.1) is 0 Å². The Morgan fingerprint density at radius 3 is 3.12 bits per heavy atom. The number of imidazole rings is 1. The summed E-state index contributed by atoms with van der Waals surface area (Å²) in [6.07, 6.45) is 6.66. The molecule has 90 valence electrons. The van der Waals surface area contributed by atoms with Crippen molar-refractivity contribution in [2.75, 3.05) is 13.6 Å². The number of nitrogens with zero attached hydrogens (tertiary/aromatic N) is 3. The zero-order valence-corrected chi connectivity index (χ0v) is 10.1. The number of nitrogens with two attached hydrogens (primary N) is 1. The molecule has 0 radical (unpaired) electrons. The molecule has 0 bridgehead atoms. The van der Waals surface area contributed by atoms with E-state index in [1.807, 2.05) is 6.20 Å². The Bertz CT molecular complexity index is 531. The maximum Gasteiger partial charge on any atom is 0.137 e. The molecular formula is C13H18N4. The maximum absolute atomic E-state index is 5.65. The van der Waals surface area contributed by atoms with Crippen molar-refractivity contribution in [2.24, 2.45) is 5.73 Å². The molecule has 0 amide bonds. The van der Waals surface area contributed by atoms with Gasteiger partial charge >= 0.3 is 0 Å². The number of rotatable bonds is 2. The zero-order valence-electron chi connectivity index (χ0n) is 10.1. The minimum atomic E-state index is 0.483. The number of hydrogen-bond donors (Lipinski definition) is 1. The molecule has 1 atom stereocenters. The molecule has 1 aliphatic heterocycles. The lowest BCUT2D eigenvalue weighted by Gasteiger charge is -2.16. The van der Waals surface area contributed by atoms with Gasteiger partial charge in [-0.15, -0.1) is 0 Å². The second kappa shape index (κ2) is 4.13. The van der Waals surface area contributed by atoms with Gasteiger partial charge in [-0.05, 0) is 44.1 Å². The van der Waals surface area contributed by atoms with E-state index in [9.17, 15) is 0 Å². The molecule has 1 fully saturated rings. The summed E-state index contributed by atoms with van der Waals surface area (Å²) in [6, 6.07) is 4.60. The van der Waals surface area contributed by atoms with E-state index < -0.39 is 0 Å². The van der Waals surface area contributed by atoms with Gasteiger partial charge in [0.25, 0.3) is 0 Å². The van der Waals surface area contributed by atoms with E-state index in [1.54, 1.807) is 0 Å². The SMILES string of the molecule is CN1CCCC1c1cn2ccc(CN)cc2n1. The highest BCUT2D eigenvalue weighted by Crippen LogP contribution is 2.29. The second-order valence-electron chi connectivity index (χ2n) is 4.81. The number of pyridine rings is 1. The summed E-state index contributed by atoms with van der Waals surface area (Å²) in [5.74, 6) is 0. The maximum atomic E-state index is 5.65. The predicted octanol–water partition coefficient (Wildman–Crippen LogP) is 1.56. The molecule has 0 aromatic carbocycles. The van der Waals surface area contributed by atoms with Crippen LogP contribution in [0.25, 0.3) is 5.65 Å². The van der Waals surface area contributed by atoms with Crippen LogP contribution in [0.3, 0.4) is 0 Å². The molecule has 17 heavy (non-hydrogen) atoms. The van der Waals surface area contributed by atoms with Crippen molar-refractivity contribution in [1.29, 1.82) is 0 Å². The van der Waals surface area contributed by atoms with Crippen LogP contribution in [0.2, 0.25) is 0 Å². The van der Waals surface area contributed by atoms with Crippen LogP contribution < -0.4 is 5.73 Å². The first-order chi connectivity index (χ1) is 8.28. The lowest BCUT2D eigenvalue weighted by molar-refractivity contribution is 0.313. The predicted molar refractivity (Wildman–Crippen MR) is 67.7 cm³/mol. The Morgan fingerprint density at radius 1 is 1.53 bits per heavy atom. The smallest absolute Gasteiger partial charge is 0.137 e. The molecule has 0 spiro atoms. The summed E-state index contributed by atoms with van der Waals surface area (Å²) in [5.41, 5.74) is 8.96. The van der Waals surface area contributed by atoms with E-state index in [-0.39, 0.29) is 0 Å². The molecule has 3 rings (SSSR count). The van der Waals surface area contributed by atoms with E-state index in [4.69, 9.17) is 10.7 Å². The topological polar surface area (TPSA) is 46.6 Å². The van der Waals surface area contributed by atoms with Crippen LogP contribution in [0.5, 0.6) is 0 Å². The summed E-state index contributed by atoms with van der Waals surface area (Å²) in [4.78, 5) is 7.10. The van der Waals surface area contributed by atoms with E-state index in [0.29, 0.717) is 12.6 Å². The summed E-state index contributed by atoms with van der Waals surface area (Å²) in [6.45, 7) is 1.74. The molecule has 0 saturated carbocycles. The molecule has 2 aromatic rings. The average molecular weight is 230 g/mol. The van der Waals surface area contributed by atoms with Crippen molar-refractivity contribution in [1.82, 2.24) is 14.3 Å². The zero-order chi connectivity index (χ0) is 11.8. The fraction of sp³-hybridized carbons (Fsp3) is 0.462. The van der Waals surface area contributed by atoms with Crippen molar-refractivity contribution >= 4 is 5.65 Å². The van der Waals surface area contributed by atoms with Gasteiger partial charge in [-0.1, -0.05) is 0 Å². The Hall–Kier alpha value is -1.39. The summed E-state index contributed by atoms with van der Waals surface area (Å²) >= 11 is 0. The first-order valence-corrected chi connectivity index (χ1v) is 6.16. The van der Waals surface area contributed by atoms with Crippen molar-refractivity contribution in [3.8, 4) is 0 Å². The Kier molecular flexibility index (Phi) is 2.61. The molecule has 4 heteroatoms. The summed E-state index contributed by atoms with van der Waals surface area (Å²) in [7, 11) is 2.17. The van der Waals surface area contributed by atoms with E-state index in [2.05, 4.69) is 34.7 Å². The molecule has 0 aliphatic carbocycles. The molecule has 3 heterocycles. The standard InChI is InChI=1S/C13H18N4/c1-16-5-2-3-12(16)11-9-17-6-4-10(8-14)7-13(17)15-11/h4,6-7,9,12H,2-3,5,8,14H2,1H3. The van der Waals surface area contributed by atoms with Gasteiger partial charge in [0.2, 0.25) is 0 Å². The highest BCUT2D eigenvalue weighted by Gasteiger charge is 2.24. The number of fused-ring (bicyclic) bond motifs is 1. The van der Waals surface area contributed by atoms with Gasteiger partial charge in [0.05, 0.1) is 11.7 Å². The minimum absolute atomic E-state index is 0.483. The van der Waals surface area contributed by atoms with Crippen LogP contribution >= 0.6 is 0 Å². The van der Waals surface area contributed by atoms with Crippen LogP contribution in [0.15, 0.2) is 24.5 Å². The molecule has 4 nitrogen and oxygen atoms in total. The second-order valence-corrected chi connectivity index (χ2v) is 4.81. The van der Waals surface area contributed by atoms with Gasteiger partial charge < -0.3 is 10.1 Å². The summed E-state index contributed by atoms with van der Waals surface area (Å²) in [5, 5.41) is 0. The largest absolute Gasteiger partial charge is 0.326 e. The monoisotopic (exact) mass is 230 g/mol. The van der Waals surface area contributed by atoms with Gasteiger partial charge in [-0.3, -0.25) is 4.90 Å². The van der Waals surface area contributed by atoms with Gasteiger partial charge in [0.15, 0.2) is 0 Å². The lowest BCUT2D eigenvalue weighted by atomic mass is 10.2. The van der Waals surface area contributed by atoms with E-state index in [0.717, 1.165) is 11.2 Å². The van der Waals surface area contributed by atoms with Crippen LogP contribution in [-0.2, 0) is 6.54 Å². The fourth-order valence-corrected chi connectivity index (χ4v) is 2.62. The third kappa shape index (κ3) is 1.83. The van der Waals surface area contributed by atoms with Gasteiger partial charge in [0, 0.05) is 18.9 Å². The Morgan fingerprint density at radius 2 is 2.41 bits per heavy atom. The average Bonchev–Trinajstić information content (AvgIpc) is 2.93. The van der Waals surface area contributed by atoms with Crippen LogP contribution in [0.4, 0.5) is 0 Å². The molecular weight excluding hydrogens is 212 g/mol. The molecule has 2 N–H and O–H groups in total. The molecule has 2 aromatic heterocycles. The highest BCUT2D eigenvalue weighted by atomic mass is 15.2. The molecule has 1 aliphatic rings. The van der Waals surface area contributed by atoms with Crippen LogP contribution in [0.1, 0.15) is 30.1 Å². The van der Waals surface area contributed by atoms with Crippen molar-refractivity contribution < 1.29 is 0 Å². The van der Waals surface area contributed by atoms with Crippen molar-refractivity contribution in [2.45, 2.75) is 25.4 Å². The van der Waals surface area contributed by atoms with E-state index in [1.165, 1.54) is 25.1 Å². The third-order valence-electron chi connectivity index (χ3n) is 3.64. The van der Waals surface area contributed by atoms with Gasteiger partial charge in [0.1, 0.15) is 5.65 Å². The van der Waals surface area contributed by atoms with Crippen molar-refractivity contribution in [3.05, 3.63) is 35.8 Å². The van der Waals surface area contributed by atoms with Gasteiger partial charge in [-0.2, -0.15) is 0 Å². The first-order valence-electron chi connectivity index (χ1n) is 6.16. The molecule has 1 unspecified atom stereocenters. The highest BCUT2D eigenvalue weighted by molar-refractivity contribution is 5.43. The number of hydrogen-bond acceptors (Lipinski definition) is 3. The van der Waals surface area contributed by atoms with Crippen molar-refractivity contribution in [3.63, 3.8) is 0 Å². The quantitative estimate of drug-likeness (QED) is 0.851. The van der Waals surface area contributed by atoms with Crippen LogP contribution in [-0.4, -0.2) is 27.9 Å². The minimum Gasteiger partial charge on any atom is -0.326 e. The van der Waals surface area contributed by atoms with E-state index >= 15 is 0 Å². The Balaban J connectivity index is 2.01.